The first kappa shape index (κ1) is 21.8. The molecule has 8 nitrogen and oxygen atoms in total. The van der Waals surface area contributed by atoms with Gasteiger partial charge in [0.25, 0.3) is 0 Å². The van der Waals surface area contributed by atoms with E-state index in [-0.39, 0.29) is 12.0 Å². The first-order valence-electron chi connectivity index (χ1n) is 10.8. The van der Waals surface area contributed by atoms with Crippen LogP contribution in [0.2, 0.25) is 0 Å². The number of rotatable bonds is 7. The van der Waals surface area contributed by atoms with Crippen LogP contribution < -0.4 is 10.1 Å². The largest absolute Gasteiger partial charge is 0.489 e. The van der Waals surface area contributed by atoms with Gasteiger partial charge in [-0.1, -0.05) is 6.07 Å². The number of benzene rings is 1. The molecular formula is C24H27N5O3. The minimum absolute atomic E-state index is 0.104. The van der Waals surface area contributed by atoms with Gasteiger partial charge >= 0.3 is 0 Å². The van der Waals surface area contributed by atoms with Crippen molar-refractivity contribution in [2.24, 2.45) is 0 Å². The molecule has 1 saturated heterocycles. The average molecular weight is 434 g/mol. The average Bonchev–Trinajstić information content (AvgIpc) is 3.43. The minimum Gasteiger partial charge on any atom is -0.489 e. The van der Waals surface area contributed by atoms with Gasteiger partial charge in [0.05, 0.1) is 18.0 Å². The third-order valence-corrected chi connectivity index (χ3v) is 5.79. The molecule has 32 heavy (non-hydrogen) atoms. The summed E-state index contributed by atoms with van der Waals surface area (Å²) in [4.78, 5) is 17.3. The summed E-state index contributed by atoms with van der Waals surface area (Å²) in [5.41, 5.74) is 5.35. The predicted molar refractivity (Wildman–Crippen MR) is 120 cm³/mol. The Morgan fingerprint density at radius 1 is 1.38 bits per heavy atom. The van der Waals surface area contributed by atoms with E-state index in [0.29, 0.717) is 42.1 Å². The third kappa shape index (κ3) is 4.58. The molecule has 0 spiro atoms. The zero-order valence-corrected chi connectivity index (χ0v) is 18.6. The smallest absolute Gasteiger partial charge is 0.224 e. The monoisotopic (exact) mass is 433 g/mol. The number of amides is 1. The van der Waals surface area contributed by atoms with Crippen molar-refractivity contribution in [3.63, 3.8) is 0 Å². The Kier molecular flexibility index (Phi) is 6.37. The molecule has 4 rings (SSSR count). The number of ether oxygens (including phenoxy) is 2. The van der Waals surface area contributed by atoms with E-state index in [4.69, 9.17) is 9.47 Å². The fraction of sp³-hybridized carbons (Fsp3) is 0.417. The van der Waals surface area contributed by atoms with Crippen LogP contribution in [0, 0.1) is 32.1 Å². The van der Waals surface area contributed by atoms with Crippen LogP contribution in [0.15, 0.2) is 24.4 Å². The summed E-state index contributed by atoms with van der Waals surface area (Å²) in [5, 5.41) is 16.5. The molecule has 0 aliphatic carbocycles. The molecule has 3 heterocycles. The van der Waals surface area contributed by atoms with Crippen molar-refractivity contribution in [1.29, 1.82) is 5.26 Å². The number of aromatic nitrogens is 3. The summed E-state index contributed by atoms with van der Waals surface area (Å²) in [6.45, 7) is 7.07. The quantitative estimate of drug-likeness (QED) is 0.610. The number of nitriles is 1. The summed E-state index contributed by atoms with van der Waals surface area (Å²) >= 11 is 0. The maximum atomic E-state index is 12.7. The number of carbonyl (C=O) groups is 1. The highest BCUT2D eigenvalue weighted by molar-refractivity contribution is 5.92. The molecule has 0 radical (unpaired) electrons. The molecule has 1 aliphatic heterocycles. The molecule has 0 bridgehead atoms. The van der Waals surface area contributed by atoms with Crippen LogP contribution in [0.3, 0.4) is 0 Å². The van der Waals surface area contributed by atoms with Gasteiger partial charge in [0, 0.05) is 24.4 Å². The standard InChI is InChI=1S/C24H27N5O3/c1-15-6-8-21(22(11-15)32-14-19-5-4-10-31-19)28-23(30)9-7-20-16(2)27-24-18(12-25)13-26-29(24)17(20)3/h6,8,11,13,19H,4-5,7,9-10,14H2,1-3H3,(H,28,30). The van der Waals surface area contributed by atoms with Crippen molar-refractivity contribution in [3.05, 3.63) is 52.5 Å². The number of anilines is 1. The maximum Gasteiger partial charge on any atom is 0.224 e. The molecule has 1 N–H and O–H groups in total. The second kappa shape index (κ2) is 9.37. The highest BCUT2D eigenvalue weighted by Gasteiger charge is 2.18. The zero-order valence-electron chi connectivity index (χ0n) is 18.6. The molecule has 1 unspecified atom stereocenters. The van der Waals surface area contributed by atoms with Gasteiger partial charge in [-0.3, -0.25) is 4.79 Å². The highest BCUT2D eigenvalue weighted by atomic mass is 16.5. The van der Waals surface area contributed by atoms with Crippen LogP contribution in [0.4, 0.5) is 5.69 Å². The van der Waals surface area contributed by atoms with Crippen molar-refractivity contribution in [2.45, 2.75) is 52.6 Å². The number of nitrogens with zero attached hydrogens (tertiary/aromatic N) is 4. The normalized spacial score (nSPS) is 15.6. The molecular weight excluding hydrogens is 406 g/mol. The fourth-order valence-corrected chi connectivity index (χ4v) is 4.01. The summed E-state index contributed by atoms with van der Waals surface area (Å²) in [6.07, 6.45) is 4.49. The number of hydrogen-bond donors (Lipinski definition) is 1. The van der Waals surface area contributed by atoms with Gasteiger partial charge in [-0.15, -0.1) is 0 Å². The molecule has 2 aromatic heterocycles. The van der Waals surface area contributed by atoms with Crippen molar-refractivity contribution in [3.8, 4) is 11.8 Å². The molecule has 1 aliphatic rings. The summed E-state index contributed by atoms with van der Waals surface area (Å²) in [6, 6.07) is 7.86. The highest BCUT2D eigenvalue weighted by Crippen LogP contribution is 2.27. The molecule has 0 saturated carbocycles. The van der Waals surface area contributed by atoms with E-state index in [0.717, 1.165) is 42.0 Å². The van der Waals surface area contributed by atoms with Crippen molar-refractivity contribution in [2.75, 3.05) is 18.5 Å². The van der Waals surface area contributed by atoms with Gasteiger partial charge < -0.3 is 14.8 Å². The summed E-state index contributed by atoms with van der Waals surface area (Å²) < 4.78 is 13.3. The third-order valence-electron chi connectivity index (χ3n) is 5.79. The van der Waals surface area contributed by atoms with Gasteiger partial charge in [0.2, 0.25) is 5.91 Å². The van der Waals surface area contributed by atoms with Gasteiger partial charge in [0.15, 0.2) is 5.65 Å². The van der Waals surface area contributed by atoms with Crippen molar-refractivity contribution in [1.82, 2.24) is 14.6 Å². The van der Waals surface area contributed by atoms with E-state index >= 15 is 0 Å². The molecule has 1 atom stereocenters. The number of nitrogens with one attached hydrogen (secondary N) is 1. The van der Waals surface area contributed by atoms with Gasteiger partial charge in [-0.25, -0.2) is 9.50 Å². The second-order valence-electron chi connectivity index (χ2n) is 8.16. The first-order valence-corrected chi connectivity index (χ1v) is 10.8. The van der Waals surface area contributed by atoms with E-state index in [1.54, 1.807) is 4.52 Å². The lowest BCUT2D eigenvalue weighted by Gasteiger charge is -2.16. The molecule has 3 aromatic rings. The molecule has 1 fully saturated rings. The van der Waals surface area contributed by atoms with Crippen LogP contribution in [-0.4, -0.2) is 39.8 Å². The molecule has 1 amide bonds. The number of fused-ring (bicyclic) bond motifs is 1. The SMILES string of the molecule is Cc1ccc(NC(=O)CCc2c(C)nc3c(C#N)cnn3c2C)c(OCC2CCCO2)c1. The van der Waals surface area contributed by atoms with Crippen LogP contribution in [0.25, 0.3) is 5.65 Å². The van der Waals surface area contributed by atoms with Crippen LogP contribution in [0.1, 0.15) is 47.3 Å². The van der Waals surface area contributed by atoms with E-state index in [1.165, 1.54) is 6.20 Å². The Bertz CT molecular complexity index is 1190. The lowest BCUT2D eigenvalue weighted by atomic mass is 10.1. The van der Waals surface area contributed by atoms with Gasteiger partial charge in [0.1, 0.15) is 24.0 Å². The molecule has 1 aromatic carbocycles. The Hall–Kier alpha value is -3.44. The Morgan fingerprint density at radius 3 is 2.97 bits per heavy atom. The predicted octanol–water partition coefficient (Wildman–Crippen LogP) is 3.66. The summed E-state index contributed by atoms with van der Waals surface area (Å²) in [7, 11) is 0. The Balaban J connectivity index is 1.44. The van der Waals surface area contributed by atoms with Crippen LogP contribution in [0.5, 0.6) is 5.75 Å². The van der Waals surface area contributed by atoms with Crippen LogP contribution >= 0.6 is 0 Å². The zero-order chi connectivity index (χ0) is 22.7. The fourth-order valence-electron chi connectivity index (χ4n) is 4.01. The molecule has 166 valence electrons. The summed E-state index contributed by atoms with van der Waals surface area (Å²) in [5.74, 6) is 0.553. The van der Waals surface area contributed by atoms with E-state index in [1.807, 2.05) is 39.0 Å². The van der Waals surface area contributed by atoms with E-state index in [9.17, 15) is 10.1 Å². The van der Waals surface area contributed by atoms with Crippen LogP contribution in [-0.2, 0) is 16.0 Å². The van der Waals surface area contributed by atoms with E-state index in [2.05, 4.69) is 21.5 Å². The Labute approximate surface area is 187 Å². The lowest BCUT2D eigenvalue weighted by molar-refractivity contribution is -0.116. The first-order chi connectivity index (χ1) is 15.5. The Morgan fingerprint density at radius 2 is 2.22 bits per heavy atom. The van der Waals surface area contributed by atoms with E-state index < -0.39 is 0 Å². The van der Waals surface area contributed by atoms with Crippen molar-refractivity contribution >= 4 is 17.2 Å². The maximum absolute atomic E-state index is 12.7. The number of carbonyl (C=O) groups excluding carboxylic acids is 1. The topological polar surface area (TPSA) is 102 Å². The van der Waals surface area contributed by atoms with Gasteiger partial charge in [-0.2, -0.15) is 10.4 Å². The number of aryl methyl sites for hydroxylation is 3. The van der Waals surface area contributed by atoms with Gasteiger partial charge in [-0.05, 0) is 63.3 Å². The minimum atomic E-state index is -0.104. The van der Waals surface area contributed by atoms with Crippen molar-refractivity contribution < 1.29 is 14.3 Å². The second-order valence-corrected chi connectivity index (χ2v) is 8.16. The lowest BCUT2D eigenvalue weighted by Crippen LogP contribution is -2.18. The molecule has 8 heteroatoms. The number of hydrogen-bond acceptors (Lipinski definition) is 6.